The monoisotopic (exact) mass is 570 g/mol. The predicted molar refractivity (Wildman–Crippen MR) is 142 cm³/mol. The molecule has 0 spiro atoms. The zero-order chi connectivity index (χ0) is 30.4. The minimum absolute atomic E-state index is 0.151. The first-order chi connectivity index (χ1) is 19.5. The molecule has 0 bridgehead atoms. The Hall–Kier alpha value is -5.13. The van der Waals surface area contributed by atoms with Crippen molar-refractivity contribution < 1.29 is 57.1 Å². The van der Waals surface area contributed by atoms with Crippen molar-refractivity contribution in [1.29, 1.82) is 0 Å². The Balaban J connectivity index is 1.94. The van der Waals surface area contributed by atoms with E-state index in [0.29, 0.717) is 11.1 Å². The van der Waals surface area contributed by atoms with Crippen LogP contribution in [0.15, 0.2) is 72.8 Å². The lowest BCUT2D eigenvalue weighted by molar-refractivity contribution is -0.141. The Morgan fingerprint density at radius 3 is 1.27 bits per heavy atom. The zero-order valence-corrected chi connectivity index (χ0v) is 22.8. The molecular weight excluding hydrogens is 540 g/mol. The molecule has 0 aliphatic heterocycles. The van der Waals surface area contributed by atoms with Crippen molar-refractivity contribution in [1.82, 2.24) is 0 Å². The second-order valence-corrected chi connectivity index (χ2v) is 8.33. The topological polar surface area (TPSA) is 150 Å². The molecule has 0 aliphatic rings. The Morgan fingerprint density at radius 1 is 0.610 bits per heavy atom. The normalized spacial score (nSPS) is 10.1. The number of rotatable bonds is 13. The molecule has 0 N–H and O–H groups in total. The summed E-state index contributed by atoms with van der Waals surface area (Å²) >= 11 is 0. The lowest BCUT2D eigenvalue weighted by Crippen LogP contribution is -2.17. The molecule has 218 valence electrons. The second-order valence-electron chi connectivity index (χ2n) is 8.33. The zero-order valence-electron chi connectivity index (χ0n) is 22.8. The van der Waals surface area contributed by atoms with Gasteiger partial charge in [0.05, 0.1) is 7.11 Å². The van der Waals surface area contributed by atoms with E-state index >= 15 is 0 Å². The Labute approximate surface area is 236 Å². The molecule has 0 atom stereocenters. The van der Waals surface area contributed by atoms with Crippen LogP contribution >= 0.6 is 0 Å². The standard InChI is InChI=1S/C29H30O12/c1-18(2)25(30)36-14-16-38-28(33)40-22-10-6-20(7-11-22)24(27(32)35-5)21-8-12-23(13-9-21)41-29(34)39-17-15-37-26(31)19(3)4/h6-13,24H,1,3,14-17H2,2,4-5H3. The molecule has 0 aromatic heterocycles. The molecule has 0 saturated heterocycles. The van der Waals surface area contributed by atoms with Gasteiger partial charge in [0.25, 0.3) is 0 Å². The van der Waals surface area contributed by atoms with Gasteiger partial charge >= 0.3 is 30.2 Å². The molecule has 41 heavy (non-hydrogen) atoms. The first-order valence-corrected chi connectivity index (χ1v) is 12.1. The predicted octanol–water partition coefficient (Wildman–Crippen LogP) is 4.26. The minimum atomic E-state index is -1.00. The molecule has 0 saturated carbocycles. The van der Waals surface area contributed by atoms with E-state index in [1.54, 1.807) is 24.3 Å². The number of carbonyl (C=O) groups is 5. The fourth-order valence-corrected chi connectivity index (χ4v) is 3.06. The first-order valence-electron chi connectivity index (χ1n) is 12.1. The molecule has 2 aromatic rings. The van der Waals surface area contributed by atoms with Crippen molar-refractivity contribution in [2.45, 2.75) is 19.8 Å². The van der Waals surface area contributed by atoms with Gasteiger partial charge in [0.1, 0.15) is 43.8 Å². The minimum Gasteiger partial charge on any atom is -0.468 e. The van der Waals surface area contributed by atoms with E-state index in [9.17, 15) is 24.0 Å². The van der Waals surface area contributed by atoms with E-state index in [2.05, 4.69) is 13.2 Å². The van der Waals surface area contributed by atoms with Gasteiger partial charge < -0.3 is 33.2 Å². The highest BCUT2D eigenvalue weighted by Gasteiger charge is 2.24. The van der Waals surface area contributed by atoms with Gasteiger partial charge in [-0.25, -0.2) is 19.2 Å². The van der Waals surface area contributed by atoms with E-state index in [4.69, 9.17) is 33.2 Å². The molecule has 12 nitrogen and oxygen atoms in total. The quantitative estimate of drug-likeness (QED) is 0.111. The van der Waals surface area contributed by atoms with E-state index in [1.165, 1.54) is 45.2 Å². The van der Waals surface area contributed by atoms with Gasteiger partial charge in [0, 0.05) is 11.1 Å². The van der Waals surface area contributed by atoms with Crippen LogP contribution in [0.3, 0.4) is 0 Å². The number of esters is 3. The van der Waals surface area contributed by atoms with Gasteiger partial charge in [0.2, 0.25) is 0 Å². The van der Waals surface area contributed by atoms with Crippen LogP contribution in [-0.4, -0.2) is 63.8 Å². The maximum atomic E-state index is 12.6. The van der Waals surface area contributed by atoms with Gasteiger partial charge in [-0.3, -0.25) is 4.79 Å². The Morgan fingerprint density at radius 2 is 0.951 bits per heavy atom. The van der Waals surface area contributed by atoms with Crippen molar-refractivity contribution in [3.8, 4) is 11.5 Å². The summed E-state index contributed by atoms with van der Waals surface area (Å²) in [6.45, 7) is 9.15. The fraction of sp³-hybridized carbons (Fsp3) is 0.276. The van der Waals surface area contributed by atoms with Crippen LogP contribution in [0.5, 0.6) is 11.5 Å². The molecule has 0 aliphatic carbocycles. The van der Waals surface area contributed by atoms with Gasteiger partial charge in [-0.15, -0.1) is 0 Å². The fourth-order valence-electron chi connectivity index (χ4n) is 3.06. The van der Waals surface area contributed by atoms with Crippen molar-refractivity contribution >= 4 is 30.2 Å². The number of benzene rings is 2. The summed E-state index contributed by atoms with van der Waals surface area (Å²) in [4.78, 5) is 59.0. The number of carbonyl (C=O) groups excluding carboxylic acids is 5. The number of ether oxygens (including phenoxy) is 7. The SMILES string of the molecule is C=C(C)C(=O)OCCOC(=O)Oc1ccc(C(C(=O)OC)c2ccc(OC(=O)OCCOC(=O)C(=C)C)cc2)cc1. The number of methoxy groups -OCH3 is 1. The Kier molecular flexibility index (Phi) is 12.6. The van der Waals surface area contributed by atoms with Crippen molar-refractivity contribution in [3.05, 3.63) is 84.0 Å². The maximum absolute atomic E-state index is 12.6. The molecule has 0 unspecified atom stereocenters. The molecule has 12 heteroatoms. The largest absolute Gasteiger partial charge is 0.513 e. The van der Waals surface area contributed by atoms with Crippen LogP contribution in [0.4, 0.5) is 9.59 Å². The lowest BCUT2D eigenvalue weighted by Gasteiger charge is -2.16. The third-order valence-electron chi connectivity index (χ3n) is 5.04. The smallest absolute Gasteiger partial charge is 0.468 e. The average molecular weight is 571 g/mol. The highest BCUT2D eigenvalue weighted by molar-refractivity contribution is 5.87. The van der Waals surface area contributed by atoms with Crippen molar-refractivity contribution in [3.63, 3.8) is 0 Å². The summed E-state index contributed by atoms with van der Waals surface area (Å²) in [6.07, 6.45) is -2.01. The lowest BCUT2D eigenvalue weighted by atomic mass is 9.91. The van der Waals surface area contributed by atoms with E-state index in [1.807, 2.05) is 0 Å². The van der Waals surface area contributed by atoms with Crippen LogP contribution < -0.4 is 9.47 Å². The summed E-state index contributed by atoms with van der Waals surface area (Å²) in [5, 5.41) is 0. The van der Waals surface area contributed by atoms with Crippen LogP contribution in [-0.2, 0) is 38.1 Å². The van der Waals surface area contributed by atoms with Gasteiger partial charge in [-0.2, -0.15) is 0 Å². The molecule has 0 amide bonds. The van der Waals surface area contributed by atoms with Crippen molar-refractivity contribution in [2.75, 3.05) is 33.5 Å². The van der Waals surface area contributed by atoms with Gasteiger partial charge in [-0.05, 0) is 49.2 Å². The molecule has 0 fully saturated rings. The third kappa shape index (κ3) is 10.9. The third-order valence-corrected chi connectivity index (χ3v) is 5.04. The van der Waals surface area contributed by atoms with Gasteiger partial charge in [0.15, 0.2) is 0 Å². The first kappa shape index (κ1) is 32.1. The van der Waals surface area contributed by atoms with Crippen LogP contribution in [0, 0.1) is 0 Å². The Bertz CT molecular complexity index is 1170. The highest BCUT2D eigenvalue weighted by atomic mass is 16.7. The van der Waals surface area contributed by atoms with Crippen LogP contribution in [0.1, 0.15) is 30.9 Å². The van der Waals surface area contributed by atoms with E-state index in [-0.39, 0.29) is 49.1 Å². The van der Waals surface area contributed by atoms with Gasteiger partial charge in [-0.1, -0.05) is 37.4 Å². The summed E-state index contributed by atoms with van der Waals surface area (Å²) < 4.78 is 34.5. The molecule has 2 rings (SSSR count). The number of hydrogen-bond donors (Lipinski definition) is 0. The van der Waals surface area contributed by atoms with E-state index < -0.39 is 36.1 Å². The summed E-state index contributed by atoms with van der Waals surface area (Å²) in [7, 11) is 1.25. The number of hydrogen-bond acceptors (Lipinski definition) is 12. The maximum Gasteiger partial charge on any atom is 0.513 e. The van der Waals surface area contributed by atoms with Crippen LogP contribution in [0.2, 0.25) is 0 Å². The molecule has 2 aromatic carbocycles. The summed E-state index contributed by atoms with van der Waals surface area (Å²) in [5.41, 5.74) is 1.50. The van der Waals surface area contributed by atoms with Crippen LogP contribution in [0.25, 0.3) is 0 Å². The molecular formula is C29H30O12. The van der Waals surface area contributed by atoms with Crippen molar-refractivity contribution in [2.24, 2.45) is 0 Å². The van der Waals surface area contributed by atoms with E-state index in [0.717, 1.165) is 0 Å². The summed E-state index contributed by atoms with van der Waals surface area (Å²) in [6, 6.07) is 12.2. The molecule has 0 heterocycles. The molecule has 0 radical (unpaired) electrons. The average Bonchev–Trinajstić information content (AvgIpc) is 2.94. The second kappa shape index (κ2) is 16.1. The highest BCUT2D eigenvalue weighted by Crippen LogP contribution is 2.29. The summed E-state index contributed by atoms with van der Waals surface area (Å²) in [5.74, 6) is -2.29.